The zero-order chi connectivity index (χ0) is 12.3. The van der Waals surface area contributed by atoms with Crippen molar-refractivity contribution in [3.8, 4) is 5.75 Å². The molecule has 1 aromatic rings. The first-order valence-corrected chi connectivity index (χ1v) is 6.30. The molecule has 0 bridgehead atoms. The van der Waals surface area contributed by atoms with E-state index in [1.54, 1.807) is 7.11 Å². The van der Waals surface area contributed by atoms with Crippen LogP contribution < -0.4 is 15.0 Å². The van der Waals surface area contributed by atoms with Gasteiger partial charge in [-0.2, -0.15) is 0 Å². The fraction of sp³-hybridized carbons (Fsp3) is 0.571. The monoisotopic (exact) mass is 234 g/mol. The quantitative estimate of drug-likeness (QED) is 0.864. The highest BCUT2D eigenvalue weighted by Crippen LogP contribution is 2.24. The molecule has 0 aliphatic carbocycles. The first-order valence-electron chi connectivity index (χ1n) is 6.30. The van der Waals surface area contributed by atoms with E-state index in [2.05, 4.69) is 36.3 Å². The second kappa shape index (κ2) is 5.41. The molecule has 1 aromatic carbocycles. The predicted octanol–water partition coefficient (Wildman–Crippen LogP) is 2.19. The highest BCUT2D eigenvalue weighted by molar-refractivity contribution is 5.52. The normalized spacial score (nSPS) is 19.4. The molecule has 1 fully saturated rings. The molecular formula is C14H22N2O. The molecule has 2 rings (SSSR count). The summed E-state index contributed by atoms with van der Waals surface area (Å²) in [5.74, 6) is 0.959. The van der Waals surface area contributed by atoms with Crippen LogP contribution in [0, 0.1) is 6.92 Å². The molecule has 0 amide bonds. The lowest BCUT2D eigenvalue weighted by molar-refractivity contribution is 0.411. The van der Waals surface area contributed by atoms with E-state index in [0.29, 0.717) is 6.04 Å². The van der Waals surface area contributed by atoms with Crippen LogP contribution in [0.2, 0.25) is 0 Å². The fourth-order valence-corrected chi connectivity index (χ4v) is 2.45. The van der Waals surface area contributed by atoms with Crippen LogP contribution in [-0.2, 0) is 0 Å². The van der Waals surface area contributed by atoms with Gasteiger partial charge in [0.25, 0.3) is 0 Å². The molecule has 94 valence electrons. The third-order valence-electron chi connectivity index (χ3n) is 3.48. The van der Waals surface area contributed by atoms with Gasteiger partial charge in [-0.05, 0) is 50.1 Å². The Kier molecular flexibility index (Phi) is 3.89. The molecule has 0 radical (unpaired) electrons. The van der Waals surface area contributed by atoms with Crippen LogP contribution in [0.15, 0.2) is 18.2 Å². The van der Waals surface area contributed by atoms with Gasteiger partial charge >= 0.3 is 0 Å². The first-order chi connectivity index (χ1) is 8.20. The molecule has 1 heterocycles. The number of hydrogen-bond donors (Lipinski definition) is 1. The Morgan fingerprint density at radius 3 is 2.88 bits per heavy atom. The van der Waals surface area contributed by atoms with Crippen LogP contribution in [-0.4, -0.2) is 33.3 Å². The van der Waals surface area contributed by atoms with Gasteiger partial charge in [0.2, 0.25) is 0 Å². The van der Waals surface area contributed by atoms with Crippen LogP contribution in [0.5, 0.6) is 5.75 Å². The summed E-state index contributed by atoms with van der Waals surface area (Å²) in [5.41, 5.74) is 2.45. The lowest BCUT2D eigenvalue weighted by Gasteiger charge is -2.24. The number of hydrogen-bond acceptors (Lipinski definition) is 3. The highest BCUT2D eigenvalue weighted by atomic mass is 16.5. The molecule has 1 N–H and O–H groups in total. The Morgan fingerprint density at radius 2 is 2.29 bits per heavy atom. The number of benzene rings is 1. The van der Waals surface area contributed by atoms with E-state index in [4.69, 9.17) is 4.74 Å². The van der Waals surface area contributed by atoms with Gasteiger partial charge in [-0.25, -0.2) is 0 Å². The van der Waals surface area contributed by atoms with Crippen LogP contribution >= 0.6 is 0 Å². The average molecular weight is 234 g/mol. The van der Waals surface area contributed by atoms with Gasteiger partial charge in [-0.1, -0.05) is 0 Å². The van der Waals surface area contributed by atoms with Crippen molar-refractivity contribution in [3.63, 3.8) is 0 Å². The maximum Gasteiger partial charge on any atom is 0.121 e. The number of likely N-dealkylation sites (N-methyl/N-ethyl adjacent to an activating group) is 1. The SMILES string of the molecule is COc1ccc(N(C)CC2CCCN2)cc1C. The summed E-state index contributed by atoms with van der Waals surface area (Å²) >= 11 is 0. The predicted molar refractivity (Wildman–Crippen MR) is 72.0 cm³/mol. The minimum absolute atomic E-state index is 0.641. The number of rotatable bonds is 4. The number of nitrogens with zero attached hydrogens (tertiary/aromatic N) is 1. The van der Waals surface area contributed by atoms with Crippen molar-refractivity contribution >= 4 is 5.69 Å². The topological polar surface area (TPSA) is 24.5 Å². The maximum atomic E-state index is 5.28. The molecule has 3 nitrogen and oxygen atoms in total. The molecule has 0 spiro atoms. The van der Waals surface area contributed by atoms with Crippen molar-refractivity contribution in [1.82, 2.24) is 5.32 Å². The average Bonchev–Trinajstić information content (AvgIpc) is 2.81. The van der Waals surface area contributed by atoms with Crippen molar-refractivity contribution in [2.75, 3.05) is 32.1 Å². The molecule has 0 aromatic heterocycles. The molecule has 1 atom stereocenters. The number of anilines is 1. The van der Waals surface area contributed by atoms with Crippen LogP contribution in [0.1, 0.15) is 18.4 Å². The third kappa shape index (κ3) is 2.91. The smallest absolute Gasteiger partial charge is 0.121 e. The van der Waals surface area contributed by atoms with E-state index in [9.17, 15) is 0 Å². The minimum Gasteiger partial charge on any atom is -0.496 e. The van der Waals surface area contributed by atoms with E-state index in [1.807, 2.05) is 6.07 Å². The van der Waals surface area contributed by atoms with E-state index >= 15 is 0 Å². The zero-order valence-corrected chi connectivity index (χ0v) is 11.0. The Labute approximate surface area is 104 Å². The number of aryl methyl sites for hydroxylation is 1. The summed E-state index contributed by atoms with van der Waals surface area (Å²) in [6.07, 6.45) is 2.60. The summed E-state index contributed by atoms with van der Waals surface area (Å²) in [5, 5.41) is 3.53. The Hall–Kier alpha value is -1.22. The summed E-state index contributed by atoms with van der Waals surface area (Å²) in [4.78, 5) is 2.31. The van der Waals surface area contributed by atoms with E-state index < -0.39 is 0 Å². The number of ether oxygens (including phenoxy) is 1. The van der Waals surface area contributed by atoms with Crippen molar-refractivity contribution in [1.29, 1.82) is 0 Å². The van der Waals surface area contributed by atoms with Gasteiger partial charge < -0.3 is 15.0 Å². The minimum atomic E-state index is 0.641. The van der Waals surface area contributed by atoms with Crippen molar-refractivity contribution in [3.05, 3.63) is 23.8 Å². The lowest BCUT2D eigenvalue weighted by Crippen LogP contribution is -2.35. The standard InChI is InChI=1S/C14H22N2O/c1-11-9-13(6-7-14(11)17-3)16(2)10-12-5-4-8-15-12/h6-7,9,12,15H,4-5,8,10H2,1-3H3. The van der Waals surface area contributed by atoms with Gasteiger partial charge in [0.1, 0.15) is 5.75 Å². The molecular weight excluding hydrogens is 212 g/mol. The summed E-state index contributed by atoms with van der Waals surface area (Å²) in [6.45, 7) is 4.33. The van der Waals surface area contributed by atoms with Gasteiger partial charge in [0.05, 0.1) is 7.11 Å². The van der Waals surface area contributed by atoms with Gasteiger partial charge in [0, 0.05) is 25.3 Å². The Morgan fingerprint density at radius 1 is 1.47 bits per heavy atom. The van der Waals surface area contributed by atoms with Gasteiger partial charge in [-0.15, -0.1) is 0 Å². The van der Waals surface area contributed by atoms with Crippen LogP contribution in [0.4, 0.5) is 5.69 Å². The third-order valence-corrected chi connectivity index (χ3v) is 3.48. The van der Waals surface area contributed by atoms with E-state index in [1.165, 1.54) is 30.6 Å². The summed E-state index contributed by atoms with van der Waals surface area (Å²) < 4.78 is 5.28. The summed E-state index contributed by atoms with van der Waals surface area (Å²) in [6, 6.07) is 7.00. The fourth-order valence-electron chi connectivity index (χ4n) is 2.45. The van der Waals surface area contributed by atoms with E-state index in [-0.39, 0.29) is 0 Å². The Bertz CT molecular complexity index is 372. The molecule has 3 heteroatoms. The van der Waals surface area contributed by atoms with Gasteiger partial charge in [-0.3, -0.25) is 0 Å². The largest absolute Gasteiger partial charge is 0.496 e. The number of nitrogens with one attached hydrogen (secondary N) is 1. The number of methoxy groups -OCH3 is 1. The van der Waals surface area contributed by atoms with E-state index in [0.717, 1.165) is 12.3 Å². The second-order valence-corrected chi connectivity index (χ2v) is 4.83. The highest BCUT2D eigenvalue weighted by Gasteiger charge is 2.16. The molecule has 17 heavy (non-hydrogen) atoms. The summed E-state index contributed by atoms with van der Waals surface area (Å²) in [7, 11) is 3.87. The van der Waals surface area contributed by atoms with Crippen molar-refractivity contribution in [2.45, 2.75) is 25.8 Å². The molecule has 1 saturated heterocycles. The van der Waals surface area contributed by atoms with Crippen molar-refractivity contribution < 1.29 is 4.74 Å². The second-order valence-electron chi connectivity index (χ2n) is 4.83. The Balaban J connectivity index is 2.02. The molecule has 0 saturated carbocycles. The molecule has 1 aliphatic rings. The van der Waals surface area contributed by atoms with Crippen LogP contribution in [0.25, 0.3) is 0 Å². The first kappa shape index (κ1) is 12.2. The van der Waals surface area contributed by atoms with Crippen LogP contribution in [0.3, 0.4) is 0 Å². The maximum absolute atomic E-state index is 5.28. The zero-order valence-electron chi connectivity index (χ0n) is 11.0. The van der Waals surface area contributed by atoms with Gasteiger partial charge in [0.15, 0.2) is 0 Å². The van der Waals surface area contributed by atoms with Crippen molar-refractivity contribution in [2.24, 2.45) is 0 Å². The molecule has 1 unspecified atom stereocenters. The molecule has 1 aliphatic heterocycles. The lowest BCUT2D eigenvalue weighted by atomic mass is 10.1.